The van der Waals surface area contributed by atoms with E-state index in [1.54, 1.807) is 6.92 Å². The van der Waals surface area contributed by atoms with E-state index >= 15 is 0 Å². The Labute approximate surface area is 156 Å². The highest BCUT2D eigenvalue weighted by Gasteiger charge is 2.20. The van der Waals surface area contributed by atoms with Crippen LogP contribution < -0.4 is 22.4 Å². The number of fused-ring (bicyclic) bond motifs is 1. The van der Waals surface area contributed by atoms with Gasteiger partial charge in [-0.15, -0.1) is 0 Å². The van der Waals surface area contributed by atoms with Crippen molar-refractivity contribution in [3.63, 3.8) is 0 Å². The summed E-state index contributed by atoms with van der Waals surface area (Å²) in [6, 6.07) is 2.29. The van der Waals surface area contributed by atoms with Crippen LogP contribution in [0.4, 0.5) is 5.69 Å². The lowest BCUT2D eigenvalue weighted by molar-refractivity contribution is -0.120. The maximum atomic E-state index is 12.2. The average Bonchev–Trinajstić information content (AvgIpc) is 2.57. The van der Waals surface area contributed by atoms with E-state index in [1.807, 2.05) is 0 Å². The topological polar surface area (TPSA) is 166 Å². The van der Waals surface area contributed by atoms with Crippen molar-refractivity contribution in [3.05, 3.63) is 33.7 Å². The van der Waals surface area contributed by atoms with E-state index in [1.165, 1.54) is 0 Å². The Morgan fingerprint density at radius 2 is 1.96 bits per heavy atom. The number of hydrogen-bond donors (Lipinski definition) is 4. The summed E-state index contributed by atoms with van der Waals surface area (Å²) in [6.07, 6.45) is 2.36. The monoisotopic (exact) mass is 397 g/mol. The number of anilines is 1. The Balaban J connectivity index is 2.31. The summed E-state index contributed by atoms with van der Waals surface area (Å²) in [5.74, 6) is -0.344. The Hall–Kier alpha value is -2.43. The fraction of sp³-hybridized carbons (Fsp3) is 0.412. The van der Waals surface area contributed by atoms with Gasteiger partial charge in [0.2, 0.25) is 5.91 Å². The normalized spacial score (nSPS) is 11.7. The molecule has 0 atom stereocenters. The number of aryl methyl sites for hydroxylation is 1. The number of benzene rings is 1. The number of nitrogens with one attached hydrogen (secondary N) is 1. The molecule has 1 aromatic carbocycles. The second kappa shape index (κ2) is 8.51. The number of carbonyl (C=O) groups excluding carboxylic acids is 1. The van der Waals surface area contributed by atoms with Crippen molar-refractivity contribution in [3.8, 4) is 0 Å². The third kappa shape index (κ3) is 5.06. The number of rotatable bonds is 8. The molecule has 0 aliphatic heterocycles. The van der Waals surface area contributed by atoms with Crippen molar-refractivity contribution in [2.24, 2.45) is 5.73 Å². The van der Waals surface area contributed by atoms with Crippen LogP contribution in [0, 0.1) is 6.92 Å². The van der Waals surface area contributed by atoms with Gasteiger partial charge in [-0.05, 0) is 37.9 Å². The summed E-state index contributed by atoms with van der Waals surface area (Å²) in [6.45, 7) is 2.65. The molecule has 6 N–H and O–H groups in total. The maximum absolute atomic E-state index is 12.2. The van der Waals surface area contributed by atoms with Crippen LogP contribution in [0.3, 0.4) is 0 Å². The summed E-state index contributed by atoms with van der Waals surface area (Å²) in [4.78, 5) is 23.8. The van der Waals surface area contributed by atoms with Crippen molar-refractivity contribution in [1.29, 1.82) is 0 Å². The minimum Gasteiger partial charge on any atom is -0.422 e. The number of amides is 1. The van der Waals surface area contributed by atoms with Gasteiger partial charge >= 0.3 is 5.63 Å². The van der Waals surface area contributed by atoms with E-state index in [0.29, 0.717) is 18.7 Å². The van der Waals surface area contributed by atoms with E-state index in [9.17, 15) is 22.6 Å². The molecule has 0 aliphatic rings. The molecule has 0 radical (unpaired) electrons. The highest BCUT2D eigenvalue weighted by molar-refractivity contribution is 7.86. The average molecular weight is 397 g/mol. The molecular weight excluding hydrogens is 374 g/mol. The predicted molar refractivity (Wildman–Crippen MR) is 101 cm³/mol. The van der Waals surface area contributed by atoms with Crippen molar-refractivity contribution in [2.45, 2.75) is 37.5 Å². The molecule has 0 bridgehead atoms. The number of nitrogen functional groups attached to an aromatic ring is 1. The fourth-order valence-corrected chi connectivity index (χ4v) is 3.38. The van der Waals surface area contributed by atoms with E-state index in [2.05, 4.69) is 5.32 Å². The molecule has 148 valence electrons. The minimum absolute atomic E-state index is 0.0772. The summed E-state index contributed by atoms with van der Waals surface area (Å²) in [5, 5.41) is 3.00. The van der Waals surface area contributed by atoms with E-state index < -0.39 is 20.6 Å². The zero-order valence-corrected chi connectivity index (χ0v) is 15.8. The Bertz CT molecular complexity index is 1010. The first kappa shape index (κ1) is 20.9. The molecule has 9 nitrogen and oxygen atoms in total. The van der Waals surface area contributed by atoms with Gasteiger partial charge in [-0.3, -0.25) is 9.35 Å². The van der Waals surface area contributed by atoms with Gasteiger partial charge in [0.1, 0.15) is 10.5 Å². The van der Waals surface area contributed by atoms with E-state index in [-0.39, 0.29) is 34.5 Å². The third-order valence-corrected chi connectivity index (χ3v) is 5.15. The molecule has 0 aliphatic carbocycles. The van der Waals surface area contributed by atoms with Crippen LogP contribution >= 0.6 is 0 Å². The first-order valence-corrected chi connectivity index (χ1v) is 9.89. The van der Waals surface area contributed by atoms with Crippen LogP contribution in [0.15, 0.2) is 26.2 Å². The van der Waals surface area contributed by atoms with Gasteiger partial charge in [-0.2, -0.15) is 8.42 Å². The highest BCUT2D eigenvalue weighted by atomic mass is 32.2. The molecule has 0 saturated heterocycles. The molecule has 1 amide bonds. The van der Waals surface area contributed by atoms with Crippen molar-refractivity contribution < 1.29 is 22.2 Å². The van der Waals surface area contributed by atoms with Crippen LogP contribution in [0.1, 0.15) is 30.4 Å². The Morgan fingerprint density at radius 1 is 1.26 bits per heavy atom. The molecule has 27 heavy (non-hydrogen) atoms. The zero-order chi connectivity index (χ0) is 20.2. The molecule has 1 heterocycles. The van der Waals surface area contributed by atoms with Gasteiger partial charge in [-0.25, -0.2) is 4.79 Å². The summed E-state index contributed by atoms with van der Waals surface area (Å²) in [5.41, 5.74) is 10.7. The summed E-state index contributed by atoms with van der Waals surface area (Å²) >= 11 is 0. The zero-order valence-electron chi connectivity index (χ0n) is 14.9. The summed E-state index contributed by atoms with van der Waals surface area (Å²) < 4.78 is 37.3. The lowest BCUT2D eigenvalue weighted by Gasteiger charge is -2.10. The van der Waals surface area contributed by atoms with Crippen molar-refractivity contribution in [2.75, 3.05) is 18.8 Å². The quantitative estimate of drug-likeness (QED) is 0.219. The van der Waals surface area contributed by atoms with Crippen LogP contribution in [0.25, 0.3) is 11.0 Å². The lowest BCUT2D eigenvalue weighted by atomic mass is 10.0. The van der Waals surface area contributed by atoms with Crippen LogP contribution in [0.2, 0.25) is 0 Å². The van der Waals surface area contributed by atoms with Gasteiger partial charge in [0.15, 0.2) is 0 Å². The van der Waals surface area contributed by atoms with Crippen molar-refractivity contribution >= 4 is 32.7 Å². The molecule has 0 fully saturated rings. The predicted octanol–water partition coefficient (Wildman–Crippen LogP) is 0.718. The number of hydrogen-bond acceptors (Lipinski definition) is 7. The largest absolute Gasteiger partial charge is 0.422 e. The van der Waals surface area contributed by atoms with Crippen LogP contribution in [-0.4, -0.2) is 32.0 Å². The van der Waals surface area contributed by atoms with Crippen LogP contribution in [-0.2, 0) is 21.3 Å². The molecule has 2 aromatic rings. The lowest BCUT2D eigenvalue weighted by Crippen LogP contribution is -2.28. The van der Waals surface area contributed by atoms with E-state index in [0.717, 1.165) is 31.4 Å². The standard InChI is InChI=1S/C17H23N3O6S/c1-10-11-7-15(27(23,24)25)13(19)9-14(11)26-17(22)12(10)8-16(21)20-6-4-2-3-5-18/h7,9H,2-6,8,18-19H2,1H3,(H,20,21)(H,23,24,25). The second-order valence-corrected chi connectivity index (χ2v) is 7.62. The third-order valence-electron chi connectivity index (χ3n) is 4.24. The van der Waals surface area contributed by atoms with Gasteiger partial charge < -0.3 is 21.2 Å². The minimum atomic E-state index is -4.54. The maximum Gasteiger partial charge on any atom is 0.340 e. The first-order chi connectivity index (χ1) is 12.6. The highest BCUT2D eigenvalue weighted by Crippen LogP contribution is 2.28. The van der Waals surface area contributed by atoms with Crippen molar-refractivity contribution in [1.82, 2.24) is 5.32 Å². The Kier molecular flexibility index (Phi) is 6.58. The smallest absolute Gasteiger partial charge is 0.340 e. The van der Waals surface area contributed by atoms with Gasteiger partial charge in [0, 0.05) is 18.0 Å². The van der Waals surface area contributed by atoms with Gasteiger partial charge in [0.05, 0.1) is 17.7 Å². The van der Waals surface area contributed by atoms with Gasteiger partial charge in [0.25, 0.3) is 10.1 Å². The molecule has 10 heteroatoms. The number of nitrogens with two attached hydrogens (primary N) is 2. The fourth-order valence-electron chi connectivity index (χ4n) is 2.76. The molecule has 1 aromatic heterocycles. The molecule has 0 spiro atoms. The first-order valence-electron chi connectivity index (χ1n) is 8.45. The number of carbonyl (C=O) groups is 1. The second-order valence-electron chi connectivity index (χ2n) is 6.23. The molecule has 0 unspecified atom stereocenters. The molecule has 2 rings (SSSR count). The van der Waals surface area contributed by atoms with Crippen LogP contribution in [0.5, 0.6) is 0 Å². The molecular formula is C17H23N3O6S. The number of unbranched alkanes of at least 4 members (excludes halogenated alkanes) is 2. The Morgan fingerprint density at radius 3 is 2.59 bits per heavy atom. The molecule has 0 saturated carbocycles. The SMILES string of the molecule is Cc1c(CC(=O)NCCCCCN)c(=O)oc2cc(N)c(S(=O)(=O)O)cc12. The van der Waals surface area contributed by atoms with Gasteiger partial charge in [-0.1, -0.05) is 6.42 Å². The summed E-state index contributed by atoms with van der Waals surface area (Å²) in [7, 11) is -4.54. The van der Waals surface area contributed by atoms with E-state index in [4.69, 9.17) is 15.9 Å².